The highest BCUT2D eigenvalue weighted by atomic mass is 35.5. The van der Waals surface area contributed by atoms with E-state index in [0.717, 1.165) is 10.5 Å². The van der Waals surface area contributed by atoms with Gasteiger partial charge in [0.15, 0.2) is 0 Å². The van der Waals surface area contributed by atoms with Crippen LogP contribution in [-0.4, -0.2) is 46.4 Å². The van der Waals surface area contributed by atoms with E-state index in [1.165, 1.54) is 0 Å². The van der Waals surface area contributed by atoms with Gasteiger partial charge in [-0.1, -0.05) is 23.7 Å². The highest BCUT2D eigenvalue weighted by Gasteiger charge is 2.24. The third-order valence-electron chi connectivity index (χ3n) is 4.90. The molecule has 0 spiro atoms. The van der Waals surface area contributed by atoms with Crippen LogP contribution in [0.3, 0.4) is 0 Å². The maximum atomic E-state index is 12.6. The van der Waals surface area contributed by atoms with Crippen LogP contribution in [0.25, 0.3) is 0 Å². The molecule has 0 unspecified atom stereocenters. The van der Waals surface area contributed by atoms with Crippen molar-refractivity contribution in [3.05, 3.63) is 88.9 Å². The first-order valence-corrected chi connectivity index (χ1v) is 11.4. The molecule has 0 aromatic heterocycles. The molecule has 3 aromatic rings. The predicted octanol–water partition coefficient (Wildman–Crippen LogP) is 3.11. The van der Waals surface area contributed by atoms with E-state index in [0.29, 0.717) is 27.8 Å². The second-order valence-electron chi connectivity index (χ2n) is 7.67. The number of imide groups is 1. The van der Waals surface area contributed by atoms with Crippen LogP contribution in [0.4, 0.5) is 15.3 Å². The van der Waals surface area contributed by atoms with Crippen molar-refractivity contribution < 1.29 is 24.5 Å². The number of anilines is 1. The Labute approximate surface area is 218 Å². The standard InChI is InChI=1S/C25H25ClN6O5/c26-19-5-1-18(2-6-19)14-28-24(35)32(15-21(34)16-33)25(36)30-31-29-20-7-11-23(12-8-20)37-22-9-3-17(13-27)4-10-22/h1-12,21,29,31,33-34H,14-16H2,(H,28,35)(H,30,36)/t21-/m0/s1. The van der Waals surface area contributed by atoms with Gasteiger partial charge in [0.2, 0.25) is 0 Å². The smallest absolute Gasteiger partial charge is 0.341 e. The van der Waals surface area contributed by atoms with Crippen molar-refractivity contribution in [2.24, 2.45) is 0 Å². The average molecular weight is 525 g/mol. The fraction of sp³-hybridized carbons (Fsp3) is 0.160. The van der Waals surface area contributed by atoms with E-state index >= 15 is 0 Å². The minimum absolute atomic E-state index is 0.123. The number of carbonyl (C=O) groups is 2. The number of benzene rings is 3. The van der Waals surface area contributed by atoms with Crippen molar-refractivity contribution in [2.45, 2.75) is 12.6 Å². The predicted molar refractivity (Wildman–Crippen MR) is 136 cm³/mol. The molecule has 0 saturated carbocycles. The van der Waals surface area contributed by atoms with Gasteiger partial charge in [-0.15, -0.1) is 5.53 Å². The van der Waals surface area contributed by atoms with Gasteiger partial charge >= 0.3 is 12.1 Å². The number of aliphatic hydroxyl groups is 2. The summed E-state index contributed by atoms with van der Waals surface area (Å²) >= 11 is 5.85. The summed E-state index contributed by atoms with van der Waals surface area (Å²) in [7, 11) is 0. The van der Waals surface area contributed by atoms with Crippen molar-refractivity contribution in [3.63, 3.8) is 0 Å². The van der Waals surface area contributed by atoms with Crippen LogP contribution in [0.2, 0.25) is 5.02 Å². The number of urea groups is 2. The maximum absolute atomic E-state index is 12.6. The summed E-state index contributed by atoms with van der Waals surface area (Å²) in [5.41, 5.74) is 9.41. The molecule has 3 rings (SSSR count). The van der Waals surface area contributed by atoms with Crippen LogP contribution in [-0.2, 0) is 6.54 Å². The molecule has 0 saturated heterocycles. The van der Waals surface area contributed by atoms with Crippen LogP contribution in [0.5, 0.6) is 11.5 Å². The lowest BCUT2D eigenvalue weighted by Gasteiger charge is -2.24. The molecule has 0 aliphatic rings. The number of hydrogen-bond acceptors (Lipinski definition) is 8. The van der Waals surface area contributed by atoms with Crippen LogP contribution in [0, 0.1) is 11.3 Å². The molecule has 0 radical (unpaired) electrons. The summed E-state index contributed by atoms with van der Waals surface area (Å²) in [5.74, 6) is 1.13. The molecule has 3 aromatic carbocycles. The monoisotopic (exact) mass is 524 g/mol. The molecule has 37 heavy (non-hydrogen) atoms. The van der Waals surface area contributed by atoms with E-state index in [1.54, 1.807) is 72.8 Å². The number of hydrogen-bond donors (Lipinski definition) is 6. The lowest BCUT2D eigenvalue weighted by atomic mass is 10.2. The molecule has 12 heteroatoms. The van der Waals surface area contributed by atoms with Gasteiger partial charge in [0.1, 0.15) is 11.5 Å². The van der Waals surface area contributed by atoms with Crippen molar-refractivity contribution in [1.29, 1.82) is 5.26 Å². The van der Waals surface area contributed by atoms with E-state index < -0.39 is 31.3 Å². The Morgan fingerprint density at radius 2 is 1.59 bits per heavy atom. The van der Waals surface area contributed by atoms with Gasteiger partial charge in [0.25, 0.3) is 0 Å². The second kappa shape index (κ2) is 13.7. The highest BCUT2D eigenvalue weighted by Crippen LogP contribution is 2.23. The van der Waals surface area contributed by atoms with Crippen LogP contribution in [0.15, 0.2) is 72.8 Å². The molecular formula is C25H25ClN6O5. The van der Waals surface area contributed by atoms with E-state index in [1.807, 2.05) is 6.07 Å². The number of nitriles is 1. The number of nitrogens with one attached hydrogen (secondary N) is 4. The van der Waals surface area contributed by atoms with E-state index in [4.69, 9.17) is 26.7 Å². The Hall–Kier alpha value is -4.34. The molecular weight excluding hydrogens is 500 g/mol. The summed E-state index contributed by atoms with van der Waals surface area (Å²) in [6, 6.07) is 20.6. The fourth-order valence-corrected chi connectivity index (χ4v) is 3.09. The first-order valence-electron chi connectivity index (χ1n) is 11.1. The fourth-order valence-electron chi connectivity index (χ4n) is 2.97. The van der Waals surface area contributed by atoms with Crippen LogP contribution >= 0.6 is 11.6 Å². The number of hydrazine groups is 2. The van der Waals surface area contributed by atoms with E-state index in [9.17, 15) is 14.7 Å². The Morgan fingerprint density at radius 3 is 2.19 bits per heavy atom. The highest BCUT2D eigenvalue weighted by molar-refractivity contribution is 6.30. The molecule has 11 nitrogen and oxygen atoms in total. The molecule has 0 aliphatic heterocycles. The maximum Gasteiger partial charge on any atom is 0.341 e. The van der Waals surface area contributed by atoms with Crippen molar-refractivity contribution in [1.82, 2.24) is 21.2 Å². The van der Waals surface area contributed by atoms with Gasteiger partial charge in [0.05, 0.1) is 36.6 Å². The Bertz CT molecular complexity index is 1220. The quantitative estimate of drug-likeness (QED) is 0.221. The Morgan fingerprint density at radius 1 is 0.973 bits per heavy atom. The zero-order valence-electron chi connectivity index (χ0n) is 19.5. The zero-order chi connectivity index (χ0) is 26.6. The minimum atomic E-state index is -1.32. The normalized spacial score (nSPS) is 11.1. The molecule has 0 bridgehead atoms. The van der Waals surface area contributed by atoms with E-state index in [-0.39, 0.29) is 6.54 Å². The topological polar surface area (TPSA) is 159 Å². The number of carbonyl (C=O) groups excluding carboxylic acids is 2. The number of aliphatic hydroxyl groups excluding tert-OH is 2. The number of nitrogens with zero attached hydrogens (tertiary/aromatic N) is 2. The summed E-state index contributed by atoms with van der Waals surface area (Å²) in [6.07, 6.45) is -1.32. The molecule has 4 amide bonds. The summed E-state index contributed by atoms with van der Waals surface area (Å²) in [6.45, 7) is -0.938. The van der Waals surface area contributed by atoms with Crippen molar-refractivity contribution in [3.8, 4) is 17.6 Å². The van der Waals surface area contributed by atoms with Crippen LogP contribution in [0.1, 0.15) is 11.1 Å². The van der Waals surface area contributed by atoms with Gasteiger partial charge in [-0.05, 0) is 66.2 Å². The first-order chi connectivity index (χ1) is 17.9. The van der Waals surface area contributed by atoms with Gasteiger partial charge in [-0.3, -0.25) is 5.43 Å². The summed E-state index contributed by atoms with van der Waals surface area (Å²) in [4.78, 5) is 25.9. The average Bonchev–Trinajstić information content (AvgIpc) is 2.92. The lowest BCUT2D eigenvalue weighted by molar-refractivity contribution is 0.0734. The molecule has 0 fully saturated rings. The van der Waals surface area contributed by atoms with Gasteiger partial charge < -0.3 is 25.7 Å². The number of rotatable bonds is 10. The molecule has 192 valence electrons. The molecule has 0 heterocycles. The van der Waals surface area contributed by atoms with Gasteiger partial charge in [-0.2, -0.15) is 5.26 Å². The van der Waals surface area contributed by atoms with E-state index in [2.05, 4.69) is 21.7 Å². The van der Waals surface area contributed by atoms with Gasteiger partial charge in [0, 0.05) is 11.6 Å². The SMILES string of the molecule is N#Cc1ccc(Oc2ccc(NNNC(=O)N(C[C@H](O)CO)C(=O)NCc3ccc(Cl)cc3)cc2)cc1. The Balaban J connectivity index is 1.51. The molecule has 6 N–H and O–H groups in total. The lowest BCUT2D eigenvalue weighted by Crippen LogP contribution is -2.55. The van der Waals surface area contributed by atoms with Crippen molar-refractivity contribution in [2.75, 3.05) is 18.6 Å². The minimum Gasteiger partial charge on any atom is -0.457 e. The molecule has 1 atom stereocenters. The summed E-state index contributed by atoms with van der Waals surface area (Å²) < 4.78 is 5.71. The summed E-state index contributed by atoms with van der Waals surface area (Å²) in [5, 5.41) is 30.9. The number of ether oxygens (including phenoxy) is 1. The largest absolute Gasteiger partial charge is 0.457 e. The third-order valence-corrected chi connectivity index (χ3v) is 5.15. The number of amides is 4. The molecule has 0 aliphatic carbocycles. The van der Waals surface area contributed by atoms with Gasteiger partial charge in [-0.25, -0.2) is 14.5 Å². The first kappa shape index (κ1) is 27.3. The zero-order valence-corrected chi connectivity index (χ0v) is 20.3. The van der Waals surface area contributed by atoms with Crippen molar-refractivity contribution >= 4 is 29.4 Å². The Kier molecular flexibility index (Phi) is 10.1. The van der Waals surface area contributed by atoms with Crippen LogP contribution < -0.4 is 26.4 Å². The third kappa shape index (κ3) is 8.68. The second-order valence-corrected chi connectivity index (χ2v) is 8.11. The number of halogens is 1.